The van der Waals surface area contributed by atoms with Gasteiger partial charge in [-0.25, -0.2) is 4.52 Å². The molecule has 0 radical (unpaired) electrons. The molecule has 0 saturated carbocycles. The van der Waals surface area contributed by atoms with Crippen LogP contribution in [0.3, 0.4) is 0 Å². The van der Waals surface area contributed by atoms with Crippen LogP contribution in [0, 0.1) is 0 Å². The molecule has 0 fully saturated rings. The quantitative estimate of drug-likeness (QED) is 0.668. The van der Waals surface area contributed by atoms with Gasteiger partial charge in [0.05, 0.1) is 0 Å². The maximum Gasteiger partial charge on any atom is 0.277 e. The van der Waals surface area contributed by atoms with E-state index in [0.29, 0.717) is 5.52 Å². The molecule has 62 valence electrons. The molecular formula is C7H6BrN3O. The molecule has 0 aliphatic carbocycles. The van der Waals surface area contributed by atoms with Gasteiger partial charge in [0.15, 0.2) is 0 Å². The Morgan fingerprint density at radius 1 is 1.58 bits per heavy atom. The average molecular weight is 228 g/mol. The molecule has 12 heavy (non-hydrogen) atoms. The number of hydrogen-bond acceptors (Lipinski definition) is 2. The van der Waals surface area contributed by atoms with Gasteiger partial charge < -0.3 is 0 Å². The van der Waals surface area contributed by atoms with Crippen molar-refractivity contribution in [2.45, 2.75) is 0 Å². The maximum atomic E-state index is 11.4. The fourth-order valence-corrected chi connectivity index (χ4v) is 1.45. The summed E-state index contributed by atoms with van der Waals surface area (Å²) in [4.78, 5) is 11.4. The number of rotatable bonds is 0. The van der Waals surface area contributed by atoms with E-state index >= 15 is 0 Å². The van der Waals surface area contributed by atoms with E-state index in [-0.39, 0.29) is 5.56 Å². The van der Waals surface area contributed by atoms with Crippen LogP contribution in [0.15, 0.2) is 27.9 Å². The van der Waals surface area contributed by atoms with Crippen molar-refractivity contribution >= 4 is 21.4 Å². The zero-order valence-corrected chi connectivity index (χ0v) is 7.95. The lowest BCUT2D eigenvalue weighted by Crippen LogP contribution is -2.19. The SMILES string of the molecule is Cn1cnn2cc(Br)cc2c1=O. The molecule has 0 N–H and O–H groups in total. The van der Waals surface area contributed by atoms with E-state index in [1.54, 1.807) is 23.8 Å². The van der Waals surface area contributed by atoms with Gasteiger partial charge in [0.1, 0.15) is 11.8 Å². The zero-order chi connectivity index (χ0) is 8.72. The van der Waals surface area contributed by atoms with Crippen LogP contribution in [-0.2, 0) is 7.05 Å². The van der Waals surface area contributed by atoms with Crippen LogP contribution < -0.4 is 5.56 Å². The fraction of sp³-hybridized carbons (Fsp3) is 0.143. The van der Waals surface area contributed by atoms with E-state index in [1.807, 2.05) is 0 Å². The molecular weight excluding hydrogens is 222 g/mol. The Labute approximate surface area is 76.6 Å². The van der Waals surface area contributed by atoms with Gasteiger partial charge in [0, 0.05) is 17.7 Å². The zero-order valence-electron chi connectivity index (χ0n) is 6.36. The van der Waals surface area contributed by atoms with Crippen LogP contribution in [-0.4, -0.2) is 14.2 Å². The highest BCUT2D eigenvalue weighted by atomic mass is 79.9. The third kappa shape index (κ3) is 0.972. The fourth-order valence-electron chi connectivity index (χ4n) is 1.04. The van der Waals surface area contributed by atoms with Crippen molar-refractivity contribution in [3.63, 3.8) is 0 Å². The van der Waals surface area contributed by atoms with E-state index in [9.17, 15) is 4.79 Å². The number of aryl methyl sites for hydroxylation is 1. The number of hydrogen-bond donors (Lipinski definition) is 0. The third-order valence-electron chi connectivity index (χ3n) is 1.66. The standard InChI is InChI=1S/C7H6BrN3O/c1-10-4-9-11-3-5(8)2-6(11)7(10)12/h2-4H,1H3. The summed E-state index contributed by atoms with van der Waals surface area (Å²) in [6, 6.07) is 1.75. The second-order valence-electron chi connectivity index (χ2n) is 2.54. The molecule has 0 unspecified atom stereocenters. The molecule has 0 saturated heterocycles. The van der Waals surface area contributed by atoms with Crippen molar-refractivity contribution < 1.29 is 0 Å². The summed E-state index contributed by atoms with van der Waals surface area (Å²) in [6.07, 6.45) is 3.23. The first-order chi connectivity index (χ1) is 5.68. The normalized spacial score (nSPS) is 10.8. The summed E-state index contributed by atoms with van der Waals surface area (Å²) in [5.41, 5.74) is 0.530. The Balaban J connectivity index is 2.99. The summed E-state index contributed by atoms with van der Waals surface area (Å²) in [5, 5.41) is 4.01. The van der Waals surface area contributed by atoms with Gasteiger partial charge in [-0.05, 0) is 22.0 Å². The highest BCUT2D eigenvalue weighted by Crippen LogP contribution is 2.10. The van der Waals surface area contributed by atoms with Crippen LogP contribution >= 0.6 is 15.9 Å². The Morgan fingerprint density at radius 2 is 2.33 bits per heavy atom. The average Bonchev–Trinajstić information content (AvgIpc) is 2.39. The van der Waals surface area contributed by atoms with Crippen LogP contribution in [0.1, 0.15) is 0 Å². The molecule has 0 bridgehead atoms. The van der Waals surface area contributed by atoms with Crippen LogP contribution in [0.25, 0.3) is 5.52 Å². The number of nitrogens with zero attached hydrogens (tertiary/aromatic N) is 3. The predicted octanol–water partition coefficient (Wildman–Crippen LogP) is 0.795. The first kappa shape index (κ1) is 7.54. The lowest BCUT2D eigenvalue weighted by atomic mass is 10.5. The van der Waals surface area contributed by atoms with Gasteiger partial charge in [0.25, 0.3) is 5.56 Å². The van der Waals surface area contributed by atoms with Crippen molar-refractivity contribution in [3.05, 3.63) is 33.4 Å². The molecule has 5 heteroatoms. The van der Waals surface area contributed by atoms with Crippen molar-refractivity contribution in [2.75, 3.05) is 0 Å². The minimum absolute atomic E-state index is 0.0456. The second-order valence-corrected chi connectivity index (χ2v) is 3.45. The van der Waals surface area contributed by atoms with Crippen molar-refractivity contribution in [3.8, 4) is 0 Å². The van der Waals surface area contributed by atoms with E-state index < -0.39 is 0 Å². The Bertz CT molecular complexity index is 485. The third-order valence-corrected chi connectivity index (χ3v) is 2.09. The van der Waals surface area contributed by atoms with Gasteiger partial charge in [-0.2, -0.15) is 5.10 Å². The Morgan fingerprint density at radius 3 is 3.08 bits per heavy atom. The summed E-state index contributed by atoms with van der Waals surface area (Å²) < 4.78 is 3.85. The number of fused-ring (bicyclic) bond motifs is 1. The van der Waals surface area contributed by atoms with Gasteiger partial charge in [-0.15, -0.1) is 0 Å². The van der Waals surface area contributed by atoms with E-state index in [2.05, 4.69) is 21.0 Å². The first-order valence-corrected chi connectivity index (χ1v) is 4.17. The Hall–Kier alpha value is -1.10. The predicted molar refractivity (Wildman–Crippen MR) is 48.1 cm³/mol. The lowest BCUT2D eigenvalue weighted by Gasteiger charge is -1.95. The van der Waals surface area contributed by atoms with E-state index in [1.165, 1.54) is 10.9 Å². The molecule has 0 aromatic carbocycles. The highest BCUT2D eigenvalue weighted by Gasteiger charge is 2.02. The molecule has 0 aliphatic rings. The van der Waals surface area contributed by atoms with Crippen molar-refractivity contribution in [2.24, 2.45) is 7.05 Å². The molecule has 0 spiro atoms. The minimum Gasteiger partial charge on any atom is -0.299 e. The Kier molecular flexibility index (Phi) is 1.54. The lowest BCUT2D eigenvalue weighted by molar-refractivity contribution is 0.764. The molecule has 0 amide bonds. The molecule has 0 atom stereocenters. The summed E-state index contributed by atoms with van der Waals surface area (Å²) in [6.45, 7) is 0. The maximum absolute atomic E-state index is 11.4. The van der Waals surface area contributed by atoms with Crippen LogP contribution in [0.4, 0.5) is 0 Å². The summed E-state index contributed by atoms with van der Waals surface area (Å²) in [5.74, 6) is 0. The monoisotopic (exact) mass is 227 g/mol. The van der Waals surface area contributed by atoms with Gasteiger partial charge in [-0.3, -0.25) is 9.36 Å². The molecule has 2 aromatic rings. The van der Waals surface area contributed by atoms with Crippen molar-refractivity contribution in [1.29, 1.82) is 0 Å². The summed E-state index contributed by atoms with van der Waals surface area (Å²) in [7, 11) is 1.68. The van der Waals surface area contributed by atoms with Crippen molar-refractivity contribution in [1.82, 2.24) is 14.2 Å². The van der Waals surface area contributed by atoms with Gasteiger partial charge >= 0.3 is 0 Å². The second kappa shape index (κ2) is 2.45. The van der Waals surface area contributed by atoms with E-state index in [4.69, 9.17) is 0 Å². The first-order valence-electron chi connectivity index (χ1n) is 3.38. The largest absolute Gasteiger partial charge is 0.299 e. The smallest absolute Gasteiger partial charge is 0.277 e. The number of aromatic nitrogens is 3. The molecule has 4 nitrogen and oxygen atoms in total. The summed E-state index contributed by atoms with van der Waals surface area (Å²) >= 11 is 3.27. The molecule has 2 heterocycles. The molecule has 2 aromatic heterocycles. The molecule has 0 aliphatic heterocycles. The number of halogens is 1. The van der Waals surface area contributed by atoms with Crippen LogP contribution in [0.2, 0.25) is 0 Å². The van der Waals surface area contributed by atoms with Gasteiger partial charge in [-0.1, -0.05) is 0 Å². The van der Waals surface area contributed by atoms with Crippen LogP contribution in [0.5, 0.6) is 0 Å². The molecule has 2 rings (SSSR count). The minimum atomic E-state index is -0.0456. The highest BCUT2D eigenvalue weighted by molar-refractivity contribution is 9.10. The van der Waals surface area contributed by atoms with E-state index in [0.717, 1.165) is 4.47 Å². The van der Waals surface area contributed by atoms with Gasteiger partial charge in [0.2, 0.25) is 0 Å². The topological polar surface area (TPSA) is 39.3 Å².